The maximum atomic E-state index is 13.5. The van der Waals surface area contributed by atoms with E-state index >= 15 is 0 Å². The van der Waals surface area contributed by atoms with Gasteiger partial charge in [-0.05, 0) is 41.3 Å². The molecule has 0 bridgehead atoms. The number of para-hydroxylation sites is 2. The number of fused-ring (bicyclic) bond motifs is 3. The van der Waals surface area contributed by atoms with E-state index in [1.54, 1.807) is 13.2 Å². The highest BCUT2D eigenvalue weighted by atomic mass is 16.5. The average molecular weight is 415 g/mol. The summed E-state index contributed by atoms with van der Waals surface area (Å²) in [6, 6.07) is 19.7. The summed E-state index contributed by atoms with van der Waals surface area (Å²) >= 11 is 0. The van der Waals surface area contributed by atoms with Crippen LogP contribution in [0.3, 0.4) is 0 Å². The molecule has 5 heteroatoms. The van der Waals surface area contributed by atoms with Gasteiger partial charge < -0.3 is 20.5 Å². The Morgan fingerprint density at radius 2 is 1.90 bits per heavy atom. The van der Waals surface area contributed by atoms with Crippen LogP contribution in [-0.4, -0.2) is 18.1 Å². The number of phenols is 1. The SMILES string of the molecule is CCc1cccc2c1NC1(C(=O)Nc3ccccc31)C(C)C2c1ccc(O)c(OC)c1. The van der Waals surface area contributed by atoms with E-state index in [2.05, 4.69) is 42.7 Å². The second-order valence-electron chi connectivity index (χ2n) is 8.37. The molecule has 5 rings (SSSR count). The number of ether oxygens (including phenoxy) is 1. The third-order valence-corrected chi connectivity index (χ3v) is 6.93. The molecule has 3 aromatic carbocycles. The Bertz CT molecular complexity index is 1190. The molecule has 0 saturated heterocycles. The molecule has 0 fully saturated rings. The topological polar surface area (TPSA) is 70.6 Å². The molecule has 2 aliphatic heterocycles. The molecule has 3 unspecified atom stereocenters. The minimum Gasteiger partial charge on any atom is -0.504 e. The minimum absolute atomic E-state index is 0.0338. The predicted octanol–water partition coefficient (Wildman–Crippen LogP) is 5.00. The molecule has 3 atom stereocenters. The van der Waals surface area contributed by atoms with Gasteiger partial charge >= 0.3 is 0 Å². The Hall–Kier alpha value is -3.47. The van der Waals surface area contributed by atoms with E-state index in [0.717, 1.165) is 34.5 Å². The summed E-state index contributed by atoms with van der Waals surface area (Å²) in [7, 11) is 1.55. The van der Waals surface area contributed by atoms with Gasteiger partial charge in [-0.3, -0.25) is 4.79 Å². The van der Waals surface area contributed by atoms with Gasteiger partial charge in [0.05, 0.1) is 7.11 Å². The molecule has 1 spiro atoms. The first-order chi connectivity index (χ1) is 15.0. The number of carbonyl (C=O) groups excluding carboxylic acids is 1. The van der Waals surface area contributed by atoms with Crippen molar-refractivity contribution in [2.75, 3.05) is 17.7 Å². The third-order valence-electron chi connectivity index (χ3n) is 6.93. The largest absolute Gasteiger partial charge is 0.504 e. The average Bonchev–Trinajstić information content (AvgIpc) is 3.07. The van der Waals surface area contributed by atoms with E-state index in [1.165, 1.54) is 5.56 Å². The van der Waals surface area contributed by atoms with Crippen LogP contribution in [0.5, 0.6) is 11.5 Å². The standard InChI is InChI=1S/C26H26N2O3/c1-4-16-8-7-9-18-23(17-12-13-21(29)22(14-17)31-3)15(2)26(28-24(16)18)19-10-5-6-11-20(19)27-25(26)30/h5-15,23,28-29H,4H2,1-3H3,(H,27,30). The second kappa shape index (κ2) is 7.05. The van der Waals surface area contributed by atoms with Crippen LogP contribution in [0, 0.1) is 5.92 Å². The van der Waals surface area contributed by atoms with E-state index < -0.39 is 5.54 Å². The number of hydrogen-bond acceptors (Lipinski definition) is 4. The number of aromatic hydroxyl groups is 1. The van der Waals surface area contributed by atoms with E-state index in [1.807, 2.05) is 36.4 Å². The highest BCUT2D eigenvalue weighted by Gasteiger charge is 2.56. The van der Waals surface area contributed by atoms with Gasteiger partial charge in [-0.1, -0.05) is 56.3 Å². The molecule has 0 radical (unpaired) electrons. The van der Waals surface area contributed by atoms with Gasteiger partial charge in [-0.15, -0.1) is 0 Å². The quantitative estimate of drug-likeness (QED) is 0.564. The molecule has 0 aliphatic carbocycles. The van der Waals surface area contributed by atoms with Crippen molar-refractivity contribution in [3.63, 3.8) is 0 Å². The Morgan fingerprint density at radius 1 is 1.10 bits per heavy atom. The maximum Gasteiger partial charge on any atom is 0.255 e. The van der Waals surface area contributed by atoms with Crippen molar-refractivity contribution < 1.29 is 14.6 Å². The molecule has 1 amide bonds. The molecular weight excluding hydrogens is 388 g/mol. The summed E-state index contributed by atoms with van der Waals surface area (Å²) in [6.07, 6.45) is 0.857. The fourth-order valence-corrected chi connectivity index (χ4v) is 5.37. The zero-order valence-corrected chi connectivity index (χ0v) is 17.9. The van der Waals surface area contributed by atoms with Crippen LogP contribution < -0.4 is 15.4 Å². The first-order valence-corrected chi connectivity index (χ1v) is 10.7. The number of nitrogens with one attached hydrogen (secondary N) is 2. The van der Waals surface area contributed by atoms with E-state index in [-0.39, 0.29) is 23.5 Å². The van der Waals surface area contributed by atoms with Gasteiger partial charge in [-0.2, -0.15) is 0 Å². The zero-order valence-electron chi connectivity index (χ0n) is 17.9. The number of hydrogen-bond donors (Lipinski definition) is 3. The molecular formula is C26H26N2O3. The Morgan fingerprint density at radius 3 is 2.68 bits per heavy atom. The predicted molar refractivity (Wildman–Crippen MR) is 122 cm³/mol. The molecule has 3 N–H and O–H groups in total. The van der Waals surface area contributed by atoms with Crippen molar-refractivity contribution in [2.24, 2.45) is 5.92 Å². The third kappa shape index (κ3) is 2.66. The number of phenolic OH excluding ortho intramolecular Hbond substituents is 1. The van der Waals surface area contributed by atoms with Crippen molar-refractivity contribution in [3.8, 4) is 11.5 Å². The first kappa shape index (κ1) is 19.5. The van der Waals surface area contributed by atoms with Gasteiger partial charge in [0.1, 0.15) is 5.54 Å². The van der Waals surface area contributed by atoms with Crippen LogP contribution >= 0.6 is 0 Å². The van der Waals surface area contributed by atoms with Crippen molar-refractivity contribution in [2.45, 2.75) is 31.7 Å². The number of benzene rings is 3. The normalized spacial score (nSPS) is 23.6. The lowest BCUT2D eigenvalue weighted by molar-refractivity contribution is -0.121. The lowest BCUT2D eigenvalue weighted by atomic mass is 9.65. The van der Waals surface area contributed by atoms with Crippen LogP contribution in [0.2, 0.25) is 0 Å². The number of methoxy groups -OCH3 is 1. The summed E-state index contributed by atoms with van der Waals surface area (Å²) in [5.41, 5.74) is 5.30. The minimum atomic E-state index is -0.884. The van der Waals surface area contributed by atoms with Gasteiger partial charge in [0.25, 0.3) is 5.91 Å². The van der Waals surface area contributed by atoms with Crippen molar-refractivity contribution in [1.82, 2.24) is 0 Å². The van der Waals surface area contributed by atoms with E-state index in [9.17, 15) is 9.90 Å². The number of carbonyl (C=O) groups is 1. The lowest BCUT2D eigenvalue weighted by Gasteiger charge is -2.46. The molecule has 2 heterocycles. The van der Waals surface area contributed by atoms with Gasteiger partial charge in [-0.25, -0.2) is 0 Å². The number of rotatable bonds is 3. The molecule has 3 aromatic rings. The first-order valence-electron chi connectivity index (χ1n) is 10.7. The number of anilines is 2. The summed E-state index contributed by atoms with van der Waals surface area (Å²) in [5, 5.41) is 16.9. The summed E-state index contributed by atoms with van der Waals surface area (Å²) in [6.45, 7) is 4.25. The Kier molecular flexibility index (Phi) is 4.43. The van der Waals surface area contributed by atoms with Gasteiger partial charge in [0, 0.05) is 28.8 Å². The maximum absolute atomic E-state index is 13.5. The monoisotopic (exact) mass is 414 g/mol. The molecule has 2 aliphatic rings. The fourth-order valence-electron chi connectivity index (χ4n) is 5.37. The highest BCUT2D eigenvalue weighted by molar-refractivity contribution is 6.08. The van der Waals surface area contributed by atoms with Crippen LogP contribution in [0.1, 0.15) is 42.0 Å². The van der Waals surface area contributed by atoms with Crippen LogP contribution in [0.4, 0.5) is 11.4 Å². The molecule has 5 nitrogen and oxygen atoms in total. The summed E-state index contributed by atoms with van der Waals surface area (Å²) in [4.78, 5) is 13.5. The smallest absolute Gasteiger partial charge is 0.255 e. The number of amides is 1. The Labute approximate surface area is 182 Å². The van der Waals surface area contributed by atoms with Crippen molar-refractivity contribution in [1.29, 1.82) is 0 Å². The van der Waals surface area contributed by atoms with Crippen molar-refractivity contribution in [3.05, 3.63) is 82.9 Å². The highest BCUT2D eigenvalue weighted by Crippen LogP contribution is 2.55. The second-order valence-corrected chi connectivity index (χ2v) is 8.37. The number of aryl methyl sites for hydroxylation is 1. The van der Waals surface area contributed by atoms with Crippen LogP contribution in [0.25, 0.3) is 0 Å². The fraction of sp³-hybridized carbons (Fsp3) is 0.269. The molecule has 31 heavy (non-hydrogen) atoms. The Balaban J connectivity index is 1.79. The van der Waals surface area contributed by atoms with E-state index in [4.69, 9.17) is 4.74 Å². The van der Waals surface area contributed by atoms with E-state index in [0.29, 0.717) is 5.75 Å². The molecule has 0 saturated carbocycles. The van der Waals surface area contributed by atoms with Crippen molar-refractivity contribution >= 4 is 17.3 Å². The summed E-state index contributed by atoms with van der Waals surface area (Å²) in [5.74, 6) is 0.350. The molecule has 158 valence electrons. The lowest BCUT2D eigenvalue weighted by Crippen LogP contribution is -2.52. The van der Waals surface area contributed by atoms with Gasteiger partial charge in [0.2, 0.25) is 0 Å². The summed E-state index contributed by atoms with van der Waals surface area (Å²) < 4.78 is 5.39. The van der Waals surface area contributed by atoms with Crippen LogP contribution in [0.15, 0.2) is 60.7 Å². The zero-order chi connectivity index (χ0) is 21.8. The van der Waals surface area contributed by atoms with Gasteiger partial charge in [0.15, 0.2) is 11.5 Å². The molecule has 0 aromatic heterocycles. The van der Waals surface area contributed by atoms with Crippen LogP contribution in [-0.2, 0) is 16.8 Å².